The Morgan fingerprint density at radius 3 is 2.93 bits per heavy atom. The van der Waals surface area contributed by atoms with E-state index in [1.165, 1.54) is 0 Å². The Kier molecular flexibility index (Phi) is 5.72. The van der Waals surface area contributed by atoms with Crippen molar-refractivity contribution >= 4 is 6.01 Å². The smallest absolute Gasteiger partial charge is 0.315 e. The summed E-state index contributed by atoms with van der Waals surface area (Å²) in [4.78, 5) is 0. The van der Waals surface area contributed by atoms with Gasteiger partial charge in [0, 0.05) is 13.7 Å². The van der Waals surface area contributed by atoms with E-state index in [1.54, 1.807) is 7.11 Å². The third-order valence-corrected chi connectivity index (χ3v) is 1.75. The van der Waals surface area contributed by atoms with E-state index in [0.717, 1.165) is 13.0 Å². The number of anilines is 1. The van der Waals surface area contributed by atoms with Crippen molar-refractivity contribution < 1.29 is 9.15 Å². The van der Waals surface area contributed by atoms with Crippen molar-refractivity contribution in [3.05, 3.63) is 5.89 Å². The van der Waals surface area contributed by atoms with Gasteiger partial charge >= 0.3 is 6.01 Å². The van der Waals surface area contributed by atoms with E-state index in [2.05, 4.69) is 27.8 Å². The van der Waals surface area contributed by atoms with Crippen molar-refractivity contribution in [3.8, 4) is 0 Å². The first-order valence-corrected chi connectivity index (χ1v) is 5.12. The minimum Gasteiger partial charge on any atom is -0.407 e. The molecule has 0 aliphatic rings. The van der Waals surface area contributed by atoms with E-state index in [-0.39, 0.29) is 0 Å². The summed E-state index contributed by atoms with van der Waals surface area (Å²) in [5, 5.41) is 13.9. The molecule has 1 rings (SSSR count). The third kappa shape index (κ3) is 4.75. The average molecular weight is 214 g/mol. The van der Waals surface area contributed by atoms with Crippen molar-refractivity contribution in [2.75, 3.05) is 32.1 Å². The summed E-state index contributed by atoms with van der Waals surface area (Å²) in [5.41, 5.74) is 0. The summed E-state index contributed by atoms with van der Waals surface area (Å²) in [6, 6.07) is 0.445. The molecule has 0 bridgehead atoms. The molecule has 0 atom stereocenters. The molecule has 0 spiro atoms. The Hall–Kier alpha value is -1.14. The van der Waals surface area contributed by atoms with Crippen molar-refractivity contribution in [2.45, 2.75) is 19.9 Å². The Labute approximate surface area is 89.4 Å². The lowest BCUT2D eigenvalue weighted by molar-refractivity contribution is 0.210. The maximum atomic E-state index is 5.33. The summed E-state index contributed by atoms with van der Waals surface area (Å²) in [6.07, 6.45) is 1.09. The van der Waals surface area contributed by atoms with Crippen LogP contribution in [0.3, 0.4) is 0 Å². The lowest BCUT2D eigenvalue weighted by atomic mass is 10.5. The number of nitrogens with one attached hydrogen (secondary N) is 2. The van der Waals surface area contributed by atoms with Crippen LogP contribution in [-0.4, -0.2) is 37.0 Å². The highest BCUT2D eigenvalue weighted by molar-refractivity contribution is 5.16. The number of hydrogen-bond acceptors (Lipinski definition) is 6. The molecule has 6 heteroatoms. The van der Waals surface area contributed by atoms with Crippen molar-refractivity contribution in [2.24, 2.45) is 0 Å². The Morgan fingerprint density at radius 1 is 1.33 bits per heavy atom. The van der Waals surface area contributed by atoms with E-state index in [4.69, 9.17) is 9.15 Å². The second-order valence-electron chi connectivity index (χ2n) is 3.10. The zero-order chi connectivity index (χ0) is 10.9. The Balaban J connectivity index is 2.23. The van der Waals surface area contributed by atoms with Crippen molar-refractivity contribution in [3.63, 3.8) is 0 Å². The van der Waals surface area contributed by atoms with Gasteiger partial charge in [0.15, 0.2) is 0 Å². The molecule has 15 heavy (non-hydrogen) atoms. The van der Waals surface area contributed by atoms with Gasteiger partial charge < -0.3 is 19.8 Å². The summed E-state index contributed by atoms with van der Waals surface area (Å²) < 4.78 is 10.2. The Bertz CT molecular complexity index is 240. The van der Waals surface area contributed by atoms with E-state index >= 15 is 0 Å². The molecule has 0 aliphatic carbocycles. The van der Waals surface area contributed by atoms with Gasteiger partial charge in [0.1, 0.15) is 0 Å². The van der Waals surface area contributed by atoms with Crippen LogP contribution in [0.25, 0.3) is 0 Å². The zero-order valence-electron chi connectivity index (χ0n) is 9.25. The minimum atomic E-state index is 0.445. The Morgan fingerprint density at radius 2 is 2.20 bits per heavy atom. The summed E-state index contributed by atoms with van der Waals surface area (Å²) in [6.45, 7) is 4.96. The van der Waals surface area contributed by atoms with Crippen LogP contribution in [0.2, 0.25) is 0 Å². The fraction of sp³-hybridized carbons (Fsp3) is 0.778. The van der Waals surface area contributed by atoms with Crippen LogP contribution in [-0.2, 0) is 11.3 Å². The molecule has 0 fully saturated rings. The largest absolute Gasteiger partial charge is 0.407 e. The van der Waals surface area contributed by atoms with Crippen LogP contribution in [0.1, 0.15) is 19.2 Å². The first-order valence-electron chi connectivity index (χ1n) is 5.12. The molecule has 1 aromatic heterocycles. The topological polar surface area (TPSA) is 72.2 Å². The minimum absolute atomic E-state index is 0.445. The molecule has 1 heterocycles. The number of rotatable bonds is 8. The predicted octanol–water partition coefficient (Wildman–Crippen LogP) is 0.627. The lowest BCUT2D eigenvalue weighted by Crippen LogP contribution is -2.13. The highest BCUT2D eigenvalue weighted by Gasteiger charge is 2.03. The SMILES string of the molecule is CCCNCc1nnc(NCCOC)o1. The number of hydrogen-bond donors (Lipinski definition) is 2. The highest BCUT2D eigenvalue weighted by Crippen LogP contribution is 2.04. The first-order chi connectivity index (χ1) is 7.36. The van der Waals surface area contributed by atoms with Crippen LogP contribution in [0, 0.1) is 0 Å². The average Bonchev–Trinajstić information content (AvgIpc) is 2.67. The molecular weight excluding hydrogens is 196 g/mol. The van der Waals surface area contributed by atoms with Crippen LogP contribution >= 0.6 is 0 Å². The van der Waals surface area contributed by atoms with Crippen LogP contribution in [0.5, 0.6) is 0 Å². The second-order valence-corrected chi connectivity index (χ2v) is 3.10. The van der Waals surface area contributed by atoms with E-state index in [1.807, 2.05) is 0 Å². The lowest BCUT2D eigenvalue weighted by Gasteiger charge is -1.99. The summed E-state index contributed by atoms with van der Waals surface area (Å²) >= 11 is 0. The van der Waals surface area contributed by atoms with Gasteiger partial charge in [-0.15, -0.1) is 5.10 Å². The molecular formula is C9H18N4O2. The van der Waals surface area contributed by atoms with E-state index < -0.39 is 0 Å². The van der Waals surface area contributed by atoms with E-state index in [0.29, 0.717) is 31.6 Å². The van der Waals surface area contributed by atoms with Crippen molar-refractivity contribution in [1.82, 2.24) is 15.5 Å². The normalized spacial score (nSPS) is 10.5. The molecule has 0 aliphatic heterocycles. The molecule has 0 saturated heterocycles. The van der Waals surface area contributed by atoms with Gasteiger partial charge in [-0.25, -0.2) is 0 Å². The maximum absolute atomic E-state index is 5.33. The highest BCUT2D eigenvalue weighted by atomic mass is 16.5. The van der Waals surface area contributed by atoms with Gasteiger partial charge in [0.2, 0.25) is 5.89 Å². The van der Waals surface area contributed by atoms with Crippen LogP contribution in [0.4, 0.5) is 6.01 Å². The molecule has 2 N–H and O–H groups in total. The monoisotopic (exact) mass is 214 g/mol. The standard InChI is InChI=1S/C9H18N4O2/c1-3-4-10-7-8-12-13-9(15-8)11-5-6-14-2/h10H,3-7H2,1-2H3,(H,11,13). The van der Waals surface area contributed by atoms with Gasteiger partial charge in [-0.3, -0.25) is 0 Å². The van der Waals surface area contributed by atoms with Gasteiger partial charge in [-0.05, 0) is 13.0 Å². The summed E-state index contributed by atoms with van der Waals surface area (Å²) in [5.74, 6) is 0.600. The second kappa shape index (κ2) is 7.19. The molecule has 0 radical (unpaired) electrons. The predicted molar refractivity (Wildman–Crippen MR) is 56.7 cm³/mol. The van der Waals surface area contributed by atoms with Gasteiger partial charge in [-0.1, -0.05) is 12.0 Å². The molecule has 1 aromatic rings. The first kappa shape index (κ1) is 11.9. The molecule has 0 unspecified atom stereocenters. The molecule has 0 amide bonds. The van der Waals surface area contributed by atoms with Crippen LogP contribution < -0.4 is 10.6 Å². The number of aromatic nitrogens is 2. The van der Waals surface area contributed by atoms with Gasteiger partial charge in [0.25, 0.3) is 0 Å². The molecule has 86 valence electrons. The molecule has 0 aromatic carbocycles. The van der Waals surface area contributed by atoms with E-state index in [9.17, 15) is 0 Å². The fourth-order valence-electron chi connectivity index (χ4n) is 1.03. The third-order valence-electron chi connectivity index (χ3n) is 1.75. The van der Waals surface area contributed by atoms with Gasteiger partial charge in [0.05, 0.1) is 13.2 Å². The number of methoxy groups -OCH3 is 1. The fourth-order valence-corrected chi connectivity index (χ4v) is 1.03. The quantitative estimate of drug-likeness (QED) is 0.618. The van der Waals surface area contributed by atoms with Crippen molar-refractivity contribution in [1.29, 1.82) is 0 Å². The summed E-state index contributed by atoms with van der Waals surface area (Å²) in [7, 11) is 1.65. The number of nitrogens with zero attached hydrogens (tertiary/aromatic N) is 2. The maximum Gasteiger partial charge on any atom is 0.315 e. The molecule has 0 saturated carbocycles. The zero-order valence-corrected chi connectivity index (χ0v) is 9.25. The van der Waals surface area contributed by atoms with Gasteiger partial charge in [-0.2, -0.15) is 0 Å². The number of ether oxygens (including phenoxy) is 1. The van der Waals surface area contributed by atoms with Crippen LogP contribution in [0.15, 0.2) is 4.42 Å². The molecule has 6 nitrogen and oxygen atoms in total.